The van der Waals surface area contributed by atoms with Gasteiger partial charge in [-0.25, -0.2) is 4.39 Å². The summed E-state index contributed by atoms with van der Waals surface area (Å²) in [4.78, 5) is 18.4. The van der Waals surface area contributed by atoms with Crippen molar-refractivity contribution in [1.82, 2.24) is 4.90 Å². The first-order valence-electron chi connectivity index (χ1n) is 6.61. The number of likely N-dealkylation sites (tertiary alicyclic amines) is 1. The van der Waals surface area contributed by atoms with Crippen molar-refractivity contribution in [3.05, 3.63) is 23.7 Å². The summed E-state index contributed by atoms with van der Waals surface area (Å²) in [6, 6.07) is 0. The number of halogens is 1. The maximum absolute atomic E-state index is 12.5. The molecule has 112 valence electrons. The zero-order valence-corrected chi connectivity index (χ0v) is 12.3. The molecule has 0 unspecified atom stereocenters. The highest BCUT2D eigenvalue weighted by Gasteiger charge is 2.34. The van der Waals surface area contributed by atoms with Crippen molar-refractivity contribution in [3.63, 3.8) is 0 Å². The predicted octanol–water partition coefficient (Wildman–Crippen LogP) is 1.11. The van der Waals surface area contributed by atoms with Gasteiger partial charge in [0, 0.05) is 31.2 Å². The smallest absolute Gasteiger partial charge is 0.257 e. The average molecular weight is 282 g/mol. The zero-order valence-electron chi connectivity index (χ0n) is 12.3. The third-order valence-electron chi connectivity index (χ3n) is 3.22. The van der Waals surface area contributed by atoms with Crippen LogP contribution in [0.1, 0.15) is 27.2 Å². The Kier molecular flexibility index (Phi) is 5.44. The molecule has 1 heterocycles. The summed E-state index contributed by atoms with van der Waals surface area (Å²) in [5.41, 5.74) is 12.1. The fraction of sp³-hybridized carbons (Fsp3) is 0.571. The van der Waals surface area contributed by atoms with E-state index in [2.05, 4.69) is 4.99 Å². The summed E-state index contributed by atoms with van der Waals surface area (Å²) >= 11 is 0. The molecule has 1 fully saturated rings. The van der Waals surface area contributed by atoms with E-state index in [9.17, 15) is 9.18 Å². The van der Waals surface area contributed by atoms with Crippen LogP contribution in [0.15, 0.2) is 28.7 Å². The van der Waals surface area contributed by atoms with E-state index in [0.29, 0.717) is 36.2 Å². The minimum Gasteiger partial charge on any atom is -0.404 e. The van der Waals surface area contributed by atoms with E-state index < -0.39 is 0 Å². The predicted molar refractivity (Wildman–Crippen MR) is 78.9 cm³/mol. The fourth-order valence-electron chi connectivity index (χ4n) is 2.04. The van der Waals surface area contributed by atoms with Gasteiger partial charge >= 0.3 is 0 Å². The maximum Gasteiger partial charge on any atom is 0.257 e. The molecule has 0 radical (unpaired) electrons. The minimum absolute atomic E-state index is 0.108. The standard InChI is InChI=1S/C14H23FN4O/c1-14(2,3)19-5-4-12(11(8-17)13(19)20)18-9-10(6-15)7-16/h6,8H,4-5,7,9,16-17H2,1-3H3/b10-6+,11-8?,18-12?. The number of nitrogens with zero attached hydrogens (tertiary/aromatic N) is 2. The molecule has 0 bridgehead atoms. The number of carbonyl (C=O) groups is 1. The summed E-state index contributed by atoms with van der Waals surface area (Å²) in [6.07, 6.45) is 2.35. The van der Waals surface area contributed by atoms with E-state index >= 15 is 0 Å². The Morgan fingerprint density at radius 3 is 2.60 bits per heavy atom. The molecule has 6 heteroatoms. The van der Waals surface area contributed by atoms with Crippen LogP contribution in [0.2, 0.25) is 0 Å². The zero-order chi connectivity index (χ0) is 15.3. The van der Waals surface area contributed by atoms with Gasteiger partial charge in [-0.2, -0.15) is 0 Å². The number of aliphatic imine (C=N–C) groups is 1. The topological polar surface area (TPSA) is 84.7 Å². The van der Waals surface area contributed by atoms with Crippen LogP contribution in [0.25, 0.3) is 0 Å². The molecule has 20 heavy (non-hydrogen) atoms. The van der Waals surface area contributed by atoms with Gasteiger partial charge in [-0.1, -0.05) is 0 Å². The Morgan fingerprint density at radius 1 is 1.50 bits per heavy atom. The lowest BCUT2D eigenvalue weighted by Gasteiger charge is -2.39. The molecule has 0 aliphatic carbocycles. The lowest BCUT2D eigenvalue weighted by atomic mass is 9.96. The van der Waals surface area contributed by atoms with E-state index in [-0.39, 0.29) is 24.5 Å². The fourth-order valence-corrected chi connectivity index (χ4v) is 2.04. The summed E-state index contributed by atoms with van der Waals surface area (Å²) < 4.78 is 12.5. The van der Waals surface area contributed by atoms with Crippen molar-refractivity contribution >= 4 is 11.6 Å². The molecule has 5 nitrogen and oxygen atoms in total. The van der Waals surface area contributed by atoms with Crippen molar-refractivity contribution in [2.75, 3.05) is 19.6 Å². The van der Waals surface area contributed by atoms with Gasteiger partial charge in [0.2, 0.25) is 0 Å². The summed E-state index contributed by atoms with van der Waals surface area (Å²) in [5, 5.41) is 0. The molecular weight excluding hydrogens is 259 g/mol. The number of nitrogens with two attached hydrogens (primary N) is 2. The minimum atomic E-state index is -0.266. The SMILES string of the molecule is CC(C)(C)N1CCC(=NC/C(=C/F)CN)C(=CN)C1=O. The van der Waals surface area contributed by atoms with Gasteiger partial charge in [0.25, 0.3) is 5.91 Å². The van der Waals surface area contributed by atoms with Crippen LogP contribution < -0.4 is 11.5 Å². The molecule has 1 aliphatic rings. The van der Waals surface area contributed by atoms with Gasteiger partial charge in [0.15, 0.2) is 0 Å². The van der Waals surface area contributed by atoms with Gasteiger partial charge in [-0.05, 0) is 26.3 Å². The molecule has 0 saturated carbocycles. The van der Waals surface area contributed by atoms with E-state index in [1.54, 1.807) is 4.90 Å². The number of hydrogen-bond donors (Lipinski definition) is 2. The van der Waals surface area contributed by atoms with Crippen LogP contribution in [-0.4, -0.2) is 41.7 Å². The van der Waals surface area contributed by atoms with Crippen LogP contribution in [0, 0.1) is 0 Å². The molecule has 0 aromatic rings. The molecule has 0 spiro atoms. The van der Waals surface area contributed by atoms with Gasteiger partial charge in [0.1, 0.15) is 0 Å². The molecule has 1 rings (SSSR count). The molecular formula is C14H23FN4O. The average Bonchev–Trinajstić information content (AvgIpc) is 2.38. The Labute approximate surface area is 119 Å². The summed E-state index contributed by atoms with van der Waals surface area (Å²) in [5.74, 6) is -0.136. The third kappa shape index (κ3) is 3.66. The monoisotopic (exact) mass is 282 g/mol. The van der Waals surface area contributed by atoms with Gasteiger partial charge < -0.3 is 16.4 Å². The first-order chi connectivity index (χ1) is 9.35. The highest BCUT2D eigenvalue weighted by atomic mass is 19.1. The normalized spacial score (nSPS) is 21.9. The van der Waals surface area contributed by atoms with Crippen LogP contribution >= 0.6 is 0 Å². The Hall–Kier alpha value is -1.69. The first kappa shape index (κ1) is 16.4. The van der Waals surface area contributed by atoms with Crippen molar-refractivity contribution < 1.29 is 9.18 Å². The molecule has 4 N–H and O–H groups in total. The third-order valence-corrected chi connectivity index (χ3v) is 3.22. The number of hydrogen-bond acceptors (Lipinski definition) is 4. The van der Waals surface area contributed by atoms with E-state index in [4.69, 9.17) is 11.5 Å². The molecule has 1 amide bonds. The maximum atomic E-state index is 12.5. The van der Waals surface area contributed by atoms with Crippen molar-refractivity contribution in [3.8, 4) is 0 Å². The van der Waals surface area contributed by atoms with Gasteiger partial charge in [-0.15, -0.1) is 0 Å². The first-order valence-corrected chi connectivity index (χ1v) is 6.61. The number of piperidine rings is 1. The number of rotatable bonds is 3. The van der Waals surface area contributed by atoms with E-state index in [1.165, 1.54) is 6.20 Å². The second kappa shape index (κ2) is 6.65. The van der Waals surface area contributed by atoms with Gasteiger partial charge in [-0.3, -0.25) is 9.79 Å². The Balaban J connectivity index is 2.94. The van der Waals surface area contributed by atoms with Crippen molar-refractivity contribution in [2.45, 2.75) is 32.7 Å². The Morgan fingerprint density at radius 2 is 2.15 bits per heavy atom. The second-order valence-electron chi connectivity index (χ2n) is 5.69. The quantitative estimate of drug-likeness (QED) is 0.760. The molecule has 1 saturated heterocycles. The second-order valence-corrected chi connectivity index (χ2v) is 5.69. The molecule has 0 atom stereocenters. The van der Waals surface area contributed by atoms with Crippen molar-refractivity contribution in [2.24, 2.45) is 16.5 Å². The van der Waals surface area contributed by atoms with Gasteiger partial charge in [0.05, 0.1) is 24.2 Å². The summed E-state index contributed by atoms with van der Waals surface area (Å²) in [6.45, 7) is 6.76. The molecule has 0 aromatic carbocycles. The molecule has 1 aliphatic heterocycles. The van der Waals surface area contributed by atoms with E-state index in [1.807, 2.05) is 20.8 Å². The van der Waals surface area contributed by atoms with Crippen LogP contribution in [0.4, 0.5) is 4.39 Å². The highest BCUT2D eigenvalue weighted by molar-refractivity contribution is 6.23. The van der Waals surface area contributed by atoms with Crippen LogP contribution in [-0.2, 0) is 4.79 Å². The van der Waals surface area contributed by atoms with Crippen LogP contribution in [0.5, 0.6) is 0 Å². The number of carbonyl (C=O) groups excluding carboxylic acids is 1. The van der Waals surface area contributed by atoms with Crippen LogP contribution in [0.3, 0.4) is 0 Å². The number of amides is 1. The lowest BCUT2D eigenvalue weighted by molar-refractivity contribution is -0.131. The lowest BCUT2D eigenvalue weighted by Crippen LogP contribution is -2.51. The highest BCUT2D eigenvalue weighted by Crippen LogP contribution is 2.23. The van der Waals surface area contributed by atoms with Crippen molar-refractivity contribution in [1.29, 1.82) is 0 Å². The largest absolute Gasteiger partial charge is 0.404 e. The van der Waals surface area contributed by atoms with E-state index in [0.717, 1.165) is 0 Å². The molecule has 0 aromatic heterocycles. The Bertz CT molecular complexity index is 460. The summed E-state index contributed by atoms with van der Waals surface area (Å²) in [7, 11) is 0.